The highest BCUT2D eigenvalue weighted by atomic mass is 16.6. The van der Waals surface area contributed by atoms with Gasteiger partial charge in [-0.3, -0.25) is 0 Å². The number of rotatable bonds is 3. The molecular formula is C11H20NO+. The Bertz CT molecular complexity index is 223. The summed E-state index contributed by atoms with van der Waals surface area (Å²) in [5.41, 5.74) is 4.22. The second-order valence-electron chi connectivity index (χ2n) is 2.45. The Morgan fingerprint density at radius 2 is 2.00 bits per heavy atom. The molecule has 2 heteroatoms. The van der Waals surface area contributed by atoms with Crippen molar-refractivity contribution in [2.75, 3.05) is 7.11 Å². The number of quaternary nitrogens is 1. The van der Waals surface area contributed by atoms with Gasteiger partial charge in [0.25, 0.3) is 0 Å². The molecule has 0 saturated heterocycles. The number of benzene rings is 1. The lowest BCUT2D eigenvalue weighted by Crippen LogP contribution is -2.75. The van der Waals surface area contributed by atoms with Gasteiger partial charge in [0.1, 0.15) is 0 Å². The molecule has 0 spiro atoms. The molecule has 0 fully saturated rings. The SMILES string of the molecule is CC.CCc1cccc([NH2+]OC)c1. The Hall–Kier alpha value is -0.860. The number of nitrogens with two attached hydrogens (primary N) is 1. The molecule has 0 aliphatic carbocycles. The van der Waals surface area contributed by atoms with Crippen molar-refractivity contribution >= 4 is 5.69 Å². The van der Waals surface area contributed by atoms with Crippen LogP contribution in [0.3, 0.4) is 0 Å². The molecule has 2 N–H and O–H groups in total. The third-order valence-corrected chi connectivity index (χ3v) is 1.61. The fraction of sp³-hybridized carbons (Fsp3) is 0.455. The van der Waals surface area contributed by atoms with Gasteiger partial charge in [0.05, 0.1) is 7.11 Å². The molecule has 2 nitrogen and oxygen atoms in total. The molecule has 13 heavy (non-hydrogen) atoms. The van der Waals surface area contributed by atoms with Gasteiger partial charge in [-0.1, -0.05) is 32.9 Å². The summed E-state index contributed by atoms with van der Waals surface area (Å²) in [6.07, 6.45) is 1.07. The lowest BCUT2D eigenvalue weighted by atomic mass is 10.1. The Morgan fingerprint density at radius 3 is 2.54 bits per heavy atom. The van der Waals surface area contributed by atoms with Crippen LogP contribution in [0.1, 0.15) is 26.3 Å². The van der Waals surface area contributed by atoms with Crippen molar-refractivity contribution in [1.29, 1.82) is 0 Å². The zero-order valence-corrected chi connectivity index (χ0v) is 9.00. The molecule has 0 aliphatic heterocycles. The van der Waals surface area contributed by atoms with Crippen LogP contribution in [-0.4, -0.2) is 7.11 Å². The van der Waals surface area contributed by atoms with E-state index in [-0.39, 0.29) is 0 Å². The van der Waals surface area contributed by atoms with Crippen molar-refractivity contribution in [2.24, 2.45) is 0 Å². The van der Waals surface area contributed by atoms with E-state index in [0.717, 1.165) is 12.1 Å². The molecule has 0 unspecified atom stereocenters. The van der Waals surface area contributed by atoms with Crippen LogP contribution in [-0.2, 0) is 11.3 Å². The second-order valence-corrected chi connectivity index (χ2v) is 2.45. The standard InChI is InChI=1S/C9H13NO.C2H6/c1-3-8-5-4-6-9(7-8)10-11-2;1-2/h4-7,10H,3H2,1-2H3;1-2H3/p+1. The smallest absolute Gasteiger partial charge is 0.162 e. The van der Waals surface area contributed by atoms with E-state index in [4.69, 9.17) is 4.84 Å². The zero-order chi connectivity index (χ0) is 10.1. The third-order valence-electron chi connectivity index (χ3n) is 1.61. The molecule has 0 bridgehead atoms. The minimum atomic E-state index is 1.07. The number of aryl methyl sites for hydroxylation is 1. The summed E-state index contributed by atoms with van der Waals surface area (Å²) in [5, 5.41) is 0. The highest BCUT2D eigenvalue weighted by molar-refractivity contribution is 5.32. The molecule has 0 radical (unpaired) electrons. The molecule has 1 aromatic carbocycles. The van der Waals surface area contributed by atoms with E-state index in [1.54, 1.807) is 12.6 Å². The first-order chi connectivity index (χ1) is 6.36. The van der Waals surface area contributed by atoms with E-state index < -0.39 is 0 Å². The van der Waals surface area contributed by atoms with Crippen LogP contribution in [0.25, 0.3) is 0 Å². The van der Waals surface area contributed by atoms with Crippen LogP contribution in [0.15, 0.2) is 24.3 Å². The maximum absolute atomic E-state index is 4.90. The van der Waals surface area contributed by atoms with Gasteiger partial charge >= 0.3 is 0 Å². The summed E-state index contributed by atoms with van der Waals surface area (Å²) in [5.74, 6) is 0. The highest BCUT2D eigenvalue weighted by Gasteiger charge is 1.95. The Kier molecular flexibility index (Phi) is 7.26. The maximum Gasteiger partial charge on any atom is 0.162 e. The van der Waals surface area contributed by atoms with Gasteiger partial charge in [-0.05, 0) is 12.0 Å². The van der Waals surface area contributed by atoms with Gasteiger partial charge in [0, 0.05) is 12.1 Å². The first-order valence-electron chi connectivity index (χ1n) is 4.81. The van der Waals surface area contributed by atoms with Crippen LogP contribution in [0.4, 0.5) is 5.69 Å². The van der Waals surface area contributed by atoms with Crippen molar-refractivity contribution in [1.82, 2.24) is 0 Å². The normalized spacial score (nSPS) is 8.92. The first kappa shape index (κ1) is 12.1. The van der Waals surface area contributed by atoms with Gasteiger partial charge < -0.3 is 0 Å². The Labute approximate surface area is 80.9 Å². The minimum Gasteiger partial charge on any atom is -0.204 e. The molecule has 0 heterocycles. The van der Waals surface area contributed by atoms with E-state index in [2.05, 4.69) is 19.1 Å². The van der Waals surface area contributed by atoms with Crippen LogP contribution in [0, 0.1) is 0 Å². The topological polar surface area (TPSA) is 25.8 Å². The van der Waals surface area contributed by atoms with E-state index >= 15 is 0 Å². The lowest BCUT2D eigenvalue weighted by Gasteiger charge is -1.98. The molecular weight excluding hydrogens is 162 g/mol. The maximum atomic E-state index is 4.90. The molecule has 0 aliphatic rings. The van der Waals surface area contributed by atoms with Crippen molar-refractivity contribution in [3.63, 3.8) is 0 Å². The lowest BCUT2D eigenvalue weighted by molar-refractivity contribution is -0.830. The molecule has 1 aromatic rings. The van der Waals surface area contributed by atoms with E-state index in [0.29, 0.717) is 0 Å². The molecule has 0 saturated carbocycles. The van der Waals surface area contributed by atoms with Gasteiger partial charge in [0.2, 0.25) is 0 Å². The van der Waals surface area contributed by atoms with Crippen LogP contribution >= 0.6 is 0 Å². The molecule has 0 amide bonds. The fourth-order valence-electron chi connectivity index (χ4n) is 1.02. The Morgan fingerprint density at radius 1 is 1.31 bits per heavy atom. The first-order valence-corrected chi connectivity index (χ1v) is 4.81. The molecule has 0 aromatic heterocycles. The van der Waals surface area contributed by atoms with E-state index in [9.17, 15) is 0 Å². The average Bonchev–Trinajstić information content (AvgIpc) is 2.22. The van der Waals surface area contributed by atoms with Crippen LogP contribution < -0.4 is 5.48 Å². The predicted molar refractivity (Wildman–Crippen MR) is 55.8 cm³/mol. The molecule has 1 rings (SSSR count). The number of hydrogen-bond acceptors (Lipinski definition) is 1. The summed E-state index contributed by atoms with van der Waals surface area (Å²) >= 11 is 0. The summed E-state index contributed by atoms with van der Waals surface area (Å²) in [4.78, 5) is 4.90. The van der Waals surface area contributed by atoms with Crippen molar-refractivity contribution in [3.05, 3.63) is 29.8 Å². The van der Waals surface area contributed by atoms with Gasteiger partial charge in [0.15, 0.2) is 5.69 Å². The quantitative estimate of drug-likeness (QED) is 0.562. The van der Waals surface area contributed by atoms with Gasteiger partial charge in [-0.2, -0.15) is 5.48 Å². The molecule has 74 valence electrons. The zero-order valence-electron chi connectivity index (χ0n) is 9.00. The largest absolute Gasteiger partial charge is 0.204 e. The van der Waals surface area contributed by atoms with Crippen molar-refractivity contribution < 1.29 is 10.3 Å². The van der Waals surface area contributed by atoms with Gasteiger partial charge in [-0.15, -0.1) is 0 Å². The van der Waals surface area contributed by atoms with E-state index in [1.807, 2.05) is 26.0 Å². The van der Waals surface area contributed by atoms with Crippen molar-refractivity contribution in [2.45, 2.75) is 27.2 Å². The summed E-state index contributed by atoms with van der Waals surface area (Å²) in [7, 11) is 1.67. The van der Waals surface area contributed by atoms with Gasteiger partial charge in [-0.25, -0.2) is 4.84 Å². The summed E-state index contributed by atoms with van der Waals surface area (Å²) < 4.78 is 0. The average molecular weight is 182 g/mol. The molecule has 0 atom stereocenters. The minimum absolute atomic E-state index is 1.07. The monoisotopic (exact) mass is 182 g/mol. The predicted octanol–water partition coefficient (Wildman–Crippen LogP) is 2.03. The second kappa shape index (κ2) is 7.77. The summed E-state index contributed by atoms with van der Waals surface area (Å²) in [6.45, 7) is 6.14. The van der Waals surface area contributed by atoms with E-state index in [1.165, 1.54) is 5.56 Å². The fourth-order valence-corrected chi connectivity index (χ4v) is 1.02. The van der Waals surface area contributed by atoms with Crippen LogP contribution in [0.2, 0.25) is 0 Å². The van der Waals surface area contributed by atoms with Crippen LogP contribution in [0.5, 0.6) is 0 Å². The highest BCUT2D eigenvalue weighted by Crippen LogP contribution is 2.05. The summed E-state index contributed by atoms with van der Waals surface area (Å²) in [6, 6.07) is 8.32. The number of hydrogen-bond donors (Lipinski definition) is 1. The van der Waals surface area contributed by atoms with Crippen molar-refractivity contribution in [3.8, 4) is 0 Å². The Balaban J connectivity index is 0.000000671. The third kappa shape index (κ3) is 4.65.